The van der Waals surface area contributed by atoms with Crippen molar-refractivity contribution in [3.63, 3.8) is 0 Å². The van der Waals surface area contributed by atoms with Crippen LogP contribution in [-0.2, 0) is 14.3 Å². The van der Waals surface area contributed by atoms with Gasteiger partial charge in [-0.2, -0.15) is 0 Å². The molecule has 1 aromatic rings. The summed E-state index contributed by atoms with van der Waals surface area (Å²) in [6, 6.07) is 5.51. The van der Waals surface area contributed by atoms with Gasteiger partial charge in [-0.1, -0.05) is 12.1 Å². The molecule has 162 valence electrons. The van der Waals surface area contributed by atoms with E-state index in [1.54, 1.807) is 32.9 Å². The summed E-state index contributed by atoms with van der Waals surface area (Å²) < 4.78 is 24.0. The van der Waals surface area contributed by atoms with Crippen LogP contribution in [0.25, 0.3) is 0 Å². The van der Waals surface area contributed by atoms with Gasteiger partial charge in [0.2, 0.25) is 5.91 Å². The zero-order chi connectivity index (χ0) is 21.6. The van der Waals surface area contributed by atoms with Crippen LogP contribution >= 0.6 is 0 Å². The van der Waals surface area contributed by atoms with E-state index in [4.69, 9.17) is 9.47 Å². The van der Waals surface area contributed by atoms with Crippen molar-refractivity contribution in [1.82, 2.24) is 15.5 Å². The molecular weight excluding hydrogens is 377 g/mol. The van der Waals surface area contributed by atoms with Gasteiger partial charge in [-0.15, -0.1) is 0 Å². The fourth-order valence-electron chi connectivity index (χ4n) is 3.06. The molecule has 1 aliphatic rings. The Hall–Kier alpha value is -2.19. The molecule has 3 atom stereocenters. The number of ether oxygens (including phenoxy) is 2. The number of nitrogens with zero attached hydrogens (tertiary/aromatic N) is 1. The Kier molecular flexibility index (Phi) is 7.98. The Morgan fingerprint density at radius 1 is 1.28 bits per heavy atom. The minimum Gasteiger partial charge on any atom is -0.444 e. The van der Waals surface area contributed by atoms with E-state index in [-0.39, 0.29) is 29.9 Å². The summed E-state index contributed by atoms with van der Waals surface area (Å²) in [4.78, 5) is 26.5. The number of benzene rings is 1. The summed E-state index contributed by atoms with van der Waals surface area (Å²) in [5, 5.41) is 5.68. The van der Waals surface area contributed by atoms with Gasteiger partial charge in [0.15, 0.2) is 0 Å². The summed E-state index contributed by atoms with van der Waals surface area (Å²) in [5.74, 6) is -0.414. The van der Waals surface area contributed by atoms with Crippen molar-refractivity contribution in [2.45, 2.75) is 58.4 Å². The van der Waals surface area contributed by atoms with Gasteiger partial charge in [0.05, 0.1) is 24.8 Å². The van der Waals surface area contributed by atoms with E-state index in [0.29, 0.717) is 26.2 Å². The molecule has 0 unspecified atom stereocenters. The number of amides is 2. The largest absolute Gasteiger partial charge is 0.444 e. The van der Waals surface area contributed by atoms with Crippen molar-refractivity contribution in [2.24, 2.45) is 0 Å². The van der Waals surface area contributed by atoms with Gasteiger partial charge in [0.25, 0.3) is 0 Å². The minimum absolute atomic E-state index is 0.109. The molecule has 0 spiro atoms. The maximum atomic E-state index is 13.1. The SMILES string of the molecule is C[C@H](NC(=O)[C@H](C)N1CCO[C@@H](CNC(=O)OC(C)(C)C)C1)c1ccc(F)cc1. The Balaban J connectivity index is 1.83. The first kappa shape index (κ1) is 23.1. The van der Waals surface area contributed by atoms with Gasteiger partial charge in [-0.05, 0) is 52.3 Å². The molecule has 2 amide bonds. The number of carbonyl (C=O) groups is 2. The van der Waals surface area contributed by atoms with Crippen molar-refractivity contribution in [3.05, 3.63) is 35.6 Å². The van der Waals surface area contributed by atoms with Crippen LogP contribution < -0.4 is 10.6 Å². The maximum absolute atomic E-state index is 13.1. The zero-order valence-electron chi connectivity index (χ0n) is 17.8. The minimum atomic E-state index is -0.558. The van der Waals surface area contributed by atoms with E-state index in [2.05, 4.69) is 10.6 Å². The van der Waals surface area contributed by atoms with Crippen LogP contribution in [0.4, 0.5) is 9.18 Å². The summed E-state index contributed by atoms with van der Waals surface area (Å²) in [6.07, 6.45) is -0.710. The number of nitrogens with one attached hydrogen (secondary N) is 2. The van der Waals surface area contributed by atoms with E-state index in [9.17, 15) is 14.0 Å². The lowest BCUT2D eigenvalue weighted by Gasteiger charge is -2.36. The van der Waals surface area contributed by atoms with Crippen LogP contribution in [0.1, 0.15) is 46.2 Å². The van der Waals surface area contributed by atoms with E-state index in [1.165, 1.54) is 12.1 Å². The number of morpholine rings is 1. The highest BCUT2D eigenvalue weighted by Gasteiger charge is 2.29. The van der Waals surface area contributed by atoms with Crippen LogP contribution in [-0.4, -0.2) is 60.9 Å². The average Bonchev–Trinajstić information content (AvgIpc) is 2.65. The van der Waals surface area contributed by atoms with E-state index < -0.39 is 11.7 Å². The molecule has 1 saturated heterocycles. The number of hydrogen-bond acceptors (Lipinski definition) is 5. The van der Waals surface area contributed by atoms with Crippen molar-refractivity contribution in [2.75, 3.05) is 26.2 Å². The van der Waals surface area contributed by atoms with Crippen LogP contribution in [0.15, 0.2) is 24.3 Å². The molecule has 7 nitrogen and oxygen atoms in total. The van der Waals surface area contributed by atoms with Crippen molar-refractivity contribution < 1.29 is 23.5 Å². The van der Waals surface area contributed by atoms with Gasteiger partial charge in [-0.25, -0.2) is 9.18 Å². The normalized spacial score (nSPS) is 19.9. The van der Waals surface area contributed by atoms with Crippen molar-refractivity contribution in [1.29, 1.82) is 0 Å². The fraction of sp³-hybridized carbons (Fsp3) is 0.619. The molecule has 0 bridgehead atoms. The van der Waals surface area contributed by atoms with Crippen LogP contribution in [0.5, 0.6) is 0 Å². The van der Waals surface area contributed by atoms with Crippen molar-refractivity contribution >= 4 is 12.0 Å². The first-order chi connectivity index (χ1) is 13.5. The lowest BCUT2D eigenvalue weighted by atomic mass is 10.1. The van der Waals surface area contributed by atoms with Gasteiger partial charge >= 0.3 is 6.09 Å². The van der Waals surface area contributed by atoms with Crippen LogP contribution in [0, 0.1) is 5.82 Å². The highest BCUT2D eigenvalue weighted by Crippen LogP contribution is 2.15. The molecule has 1 heterocycles. The summed E-state index contributed by atoms with van der Waals surface area (Å²) in [7, 11) is 0. The molecule has 1 fully saturated rings. The fourth-order valence-corrected chi connectivity index (χ4v) is 3.06. The number of carbonyl (C=O) groups excluding carboxylic acids is 2. The Morgan fingerprint density at radius 3 is 2.55 bits per heavy atom. The third kappa shape index (κ3) is 7.62. The highest BCUT2D eigenvalue weighted by atomic mass is 19.1. The van der Waals surface area contributed by atoms with Crippen molar-refractivity contribution in [3.8, 4) is 0 Å². The summed E-state index contributed by atoms with van der Waals surface area (Å²) in [5.41, 5.74) is 0.283. The molecule has 8 heteroatoms. The molecular formula is C21H32FN3O4. The number of hydrogen-bond donors (Lipinski definition) is 2. The molecule has 2 N–H and O–H groups in total. The monoisotopic (exact) mass is 409 g/mol. The second-order valence-electron chi connectivity index (χ2n) is 8.33. The van der Waals surface area contributed by atoms with E-state index >= 15 is 0 Å². The van der Waals surface area contributed by atoms with Gasteiger partial charge < -0.3 is 20.1 Å². The van der Waals surface area contributed by atoms with Crippen LogP contribution in [0.2, 0.25) is 0 Å². The second kappa shape index (κ2) is 10.0. The molecule has 0 aromatic heterocycles. The Labute approximate surface area is 171 Å². The summed E-state index contributed by atoms with van der Waals surface area (Å²) in [6.45, 7) is 11.1. The maximum Gasteiger partial charge on any atom is 0.407 e. The predicted molar refractivity (Wildman–Crippen MR) is 108 cm³/mol. The second-order valence-corrected chi connectivity index (χ2v) is 8.33. The van der Waals surface area contributed by atoms with E-state index in [1.807, 2.05) is 18.7 Å². The third-order valence-corrected chi connectivity index (χ3v) is 4.70. The average molecular weight is 410 g/mol. The Bertz CT molecular complexity index is 690. The predicted octanol–water partition coefficient (Wildman–Crippen LogP) is 2.62. The number of halogens is 1. The highest BCUT2D eigenvalue weighted by molar-refractivity contribution is 5.81. The lowest BCUT2D eigenvalue weighted by molar-refractivity contribution is -0.129. The summed E-state index contributed by atoms with van der Waals surface area (Å²) >= 11 is 0. The molecule has 2 rings (SSSR count). The van der Waals surface area contributed by atoms with Gasteiger partial charge in [-0.3, -0.25) is 9.69 Å². The quantitative estimate of drug-likeness (QED) is 0.755. The molecule has 1 aliphatic heterocycles. The standard InChI is InChI=1S/C21H32FN3O4/c1-14(16-6-8-17(22)9-7-16)24-19(26)15(2)25-10-11-28-18(13-25)12-23-20(27)29-21(3,4)5/h6-9,14-15,18H,10-13H2,1-5H3,(H,23,27)(H,24,26)/t14-,15-,18-/m0/s1. The first-order valence-electron chi connectivity index (χ1n) is 9.93. The third-order valence-electron chi connectivity index (χ3n) is 4.70. The van der Waals surface area contributed by atoms with Gasteiger partial charge in [0, 0.05) is 19.6 Å². The smallest absolute Gasteiger partial charge is 0.407 e. The lowest BCUT2D eigenvalue weighted by Crippen LogP contribution is -2.54. The molecule has 1 aromatic carbocycles. The topological polar surface area (TPSA) is 79.9 Å². The molecule has 0 radical (unpaired) electrons. The molecule has 0 aliphatic carbocycles. The number of rotatable bonds is 6. The van der Waals surface area contributed by atoms with Gasteiger partial charge in [0.1, 0.15) is 11.4 Å². The van der Waals surface area contributed by atoms with Crippen LogP contribution in [0.3, 0.4) is 0 Å². The first-order valence-corrected chi connectivity index (χ1v) is 9.93. The molecule has 29 heavy (non-hydrogen) atoms. The molecule has 0 saturated carbocycles. The van der Waals surface area contributed by atoms with E-state index in [0.717, 1.165) is 5.56 Å². The zero-order valence-corrected chi connectivity index (χ0v) is 17.8. The Morgan fingerprint density at radius 2 is 1.93 bits per heavy atom. The number of alkyl carbamates (subject to hydrolysis) is 1.